The first kappa shape index (κ1) is 20.5. The van der Waals surface area contributed by atoms with Crippen LogP contribution in [0.25, 0.3) is 6.08 Å². The molecule has 1 unspecified atom stereocenters. The minimum Gasteiger partial charge on any atom is -0.493 e. The topological polar surface area (TPSA) is 73.6 Å². The second-order valence-corrected chi connectivity index (χ2v) is 5.98. The fourth-order valence-electron chi connectivity index (χ4n) is 2.36. The van der Waals surface area contributed by atoms with Crippen molar-refractivity contribution in [2.75, 3.05) is 13.7 Å². The van der Waals surface area contributed by atoms with E-state index in [1.807, 2.05) is 12.1 Å². The Morgan fingerprint density at radius 2 is 1.96 bits per heavy atom. The third-order valence-corrected chi connectivity index (χ3v) is 3.90. The van der Waals surface area contributed by atoms with Gasteiger partial charge in [-0.1, -0.05) is 31.5 Å². The number of hydrogen-bond acceptors (Lipinski definition) is 4. The van der Waals surface area contributed by atoms with Crippen LogP contribution in [0.5, 0.6) is 11.5 Å². The SMILES string of the molecule is CCCCOc1ccc(C=CC(=O)NC(N)c2ccc(F)cc2)cc1OC. The molecule has 5 nitrogen and oxygen atoms in total. The van der Waals surface area contributed by atoms with Gasteiger partial charge in [-0.25, -0.2) is 4.39 Å². The number of ether oxygens (including phenoxy) is 2. The number of benzene rings is 2. The van der Waals surface area contributed by atoms with E-state index in [4.69, 9.17) is 15.2 Å². The molecule has 1 amide bonds. The first-order valence-corrected chi connectivity index (χ1v) is 8.84. The normalized spacial score (nSPS) is 12.0. The number of nitrogens with two attached hydrogens (primary N) is 1. The molecule has 3 N–H and O–H groups in total. The highest BCUT2D eigenvalue weighted by atomic mass is 19.1. The molecule has 144 valence electrons. The minimum atomic E-state index is -0.716. The standard InChI is InChI=1S/C21H25FN2O3/c1-3-4-13-27-18-11-5-15(14-19(18)26-2)6-12-20(25)24-21(23)16-7-9-17(22)10-8-16/h5-12,14,21H,3-4,13,23H2,1-2H3,(H,24,25). The summed E-state index contributed by atoms with van der Waals surface area (Å²) in [4.78, 5) is 12.1. The predicted molar refractivity (Wildman–Crippen MR) is 104 cm³/mol. The Morgan fingerprint density at radius 1 is 1.22 bits per heavy atom. The van der Waals surface area contributed by atoms with Crippen molar-refractivity contribution in [3.63, 3.8) is 0 Å². The first-order valence-electron chi connectivity index (χ1n) is 8.84. The molecule has 2 aromatic rings. The Hall–Kier alpha value is -2.86. The number of unbranched alkanes of at least 4 members (excludes halogenated alkanes) is 1. The monoisotopic (exact) mass is 372 g/mol. The van der Waals surface area contributed by atoms with Gasteiger partial charge >= 0.3 is 0 Å². The van der Waals surface area contributed by atoms with Crippen molar-refractivity contribution in [3.05, 3.63) is 65.5 Å². The number of rotatable bonds is 9. The van der Waals surface area contributed by atoms with Gasteiger partial charge in [-0.05, 0) is 47.9 Å². The molecule has 0 aliphatic rings. The van der Waals surface area contributed by atoms with E-state index >= 15 is 0 Å². The molecule has 0 bridgehead atoms. The average molecular weight is 372 g/mol. The average Bonchev–Trinajstić information content (AvgIpc) is 2.67. The van der Waals surface area contributed by atoms with Gasteiger partial charge in [-0.15, -0.1) is 0 Å². The van der Waals surface area contributed by atoms with Crippen LogP contribution in [0.1, 0.15) is 37.1 Å². The Labute approximate surface area is 159 Å². The van der Waals surface area contributed by atoms with Crippen molar-refractivity contribution in [3.8, 4) is 11.5 Å². The minimum absolute atomic E-state index is 0.353. The lowest BCUT2D eigenvalue weighted by atomic mass is 10.1. The molecule has 0 fully saturated rings. The molecule has 2 aromatic carbocycles. The van der Waals surface area contributed by atoms with Crippen molar-refractivity contribution in [1.82, 2.24) is 5.32 Å². The van der Waals surface area contributed by atoms with Crippen molar-refractivity contribution >= 4 is 12.0 Å². The molecule has 0 aliphatic carbocycles. The van der Waals surface area contributed by atoms with Gasteiger partial charge in [-0.2, -0.15) is 0 Å². The van der Waals surface area contributed by atoms with Crippen LogP contribution in [0.2, 0.25) is 0 Å². The van der Waals surface area contributed by atoms with Crippen molar-refractivity contribution in [1.29, 1.82) is 0 Å². The van der Waals surface area contributed by atoms with E-state index in [1.165, 1.54) is 30.3 Å². The van der Waals surface area contributed by atoms with Gasteiger partial charge in [0.2, 0.25) is 5.91 Å². The van der Waals surface area contributed by atoms with Crippen LogP contribution in [-0.4, -0.2) is 19.6 Å². The molecule has 0 radical (unpaired) electrons. The molecule has 0 saturated carbocycles. The smallest absolute Gasteiger partial charge is 0.245 e. The molecule has 0 spiro atoms. The van der Waals surface area contributed by atoms with Crippen molar-refractivity contribution < 1.29 is 18.7 Å². The summed E-state index contributed by atoms with van der Waals surface area (Å²) in [5.74, 6) is 0.574. The van der Waals surface area contributed by atoms with E-state index in [-0.39, 0.29) is 11.7 Å². The second-order valence-electron chi connectivity index (χ2n) is 5.98. The molecule has 1 atom stereocenters. The molecule has 0 aromatic heterocycles. The Bertz CT molecular complexity index is 775. The zero-order valence-corrected chi connectivity index (χ0v) is 15.6. The maximum Gasteiger partial charge on any atom is 0.245 e. The van der Waals surface area contributed by atoms with Gasteiger partial charge in [0, 0.05) is 6.08 Å². The van der Waals surface area contributed by atoms with Gasteiger partial charge in [-0.3, -0.25) is 4.79 Å². The summed E-state index contributed by atoms with van der Waals surface area (Å²) in [5.41, 5.74) is 7.32. The summed E-state index contributed by atoms with van der Waals surface area (Å²) in [5, 5.41) is 2.63. The van der Waals surface area contributed by atoms with E-state index in [2.05, 4.69) is 12.2 Å². The van der Waals surface area contributed by atoms with E-state index in [0.717, 1.165) is 18.4 Å². The molecular weight excluding hydrogens is 347 g/mol. The van der Waals surface area contributed by atoms with Gasteiger partial charge < -0.3 is 20.5 Å². The largest absolute Gasteiger partial charge is 0.493 e. The Kier molecular flexibility index (Phi) is 7.82. The zero-order valence-electron chi connectivity index (χ0n) is 15.6. The highest BCUT2D eigenvalue weighted by Crippen LogP contribution is 2.28. The molecule has 2 rings (SSSR count). The number of hydrogen-bond donors (Lipinski definition) is 2. The van der Waals surface area contributed by atoms with Gasteiger partial charge in [0.25, 0.3) is 0 Å². The van der Waals surface area contributed by atoms with Gasteiger partial charge in [0.05, 0.1) is 13.7 Å². The number of halogens is 1. The Balaban J connectivity index is 1.97. The lowest BCUT2D eigenvalue weighted by molar-refractivity contribution is -0.117. The van der Waals surface area contributed by atoms with E-state index in [9.17, 15) is 9.18 Å². The van der Waals surface area contributed by atoms with Gasteiger partial charge in [0.1, 0.15) is 12.0 Å². The fourth-order valence-corrected chi connectivity index (χ4v) is 2.36. The summed E-state index contributed by atoms with van der Waals surface area (Å²) < 4.78 is 24.0. The number of amides is 1. The summed E-state index contributed by atoms with van der Waals surface area (Å²) in [7, 11) is 1.57. The lowest BCUT2D eigenvalue weighted by Crippen LogP contribution is -2.32. The predicted octanol–water partition coefficient (Wildman–Crippen LogP) is 3.80. The van der Waals surface area contributed by atoms with Crippen LogP contribution in [0.4, 0.5) is 4.39 Å². The number of carbonyl (C=O) groups is 1. The van der Waals surface area contributed by atoms with E-state index in [0.29, 0.717) is 23.7 Å². The third kappa shape index (κ3) is 6.42. The summed E-state index contributed by atoms with van der Waals surface area (Å²) in [6, 6.07) is 11.1. The van der Waals surface area contributed by atoms with E-state index in [1.54, 1.807) is 19.3 Å². The first-order chi connectivity index (χ1) is 13.0. The summed E-state index contributed by atoms with van der Waals surface area (Å²) in [6.07, 6.45) is 4.35. The Morgan fingerprint density at radius 3 is 2.63 bits per heavy atom. The van der Waals surface area contributed by atoms with Crippen LogP contribution < -0.4 is 20.5 Å². The van der Waals surface area contributed by atoms with Crippen LogP contribution in [-0.2, 0) is 4.79 Å². The van der Waals surface area contributed by atoms with E-state index < -0.39 is 6.17 Å². The second kappa shape index (κ2) is 10.3. The molecular formula is C21H25FN2O3. The number of nitrogens with one attached hydrogen (secondary N) is 1. The quantitative estimate of drug-likeness (QED) is 0.399. The van der Waals surface area contributed by atoms with Crippen molar-refractivity contribution in [2.24, 2.45) is 5.73 Å². The lowest BCUT2D eigenvalue weighted by Gasteiger charge is -2.13. The highest BCUT2D eigenvalue weighted by molar-refractivity contribution is 5.92. The molecule has 0 saturated heterocycles. The molecule has 0 aliphatic heterocycles. The molecule has 27 heavy (non-hydrogen) atoms. The summed E-state index contributed by atoms with van der Waals surface area (Å²) in [6.45, 7) is 2.73. The van der Waals surface area contributed by atoms with Crippen LogP contribution >= 0.6 is 0 Å². The maximum absolute atomic E-state index is 12.9. The van der Waals surface area contributed by atoms with Crippen LogP contribution in [0.15, 0.2) is 48.5 Å². The summed E-state index contributed by atoms with van der Waals surface area (Å²) >= 11 is 0. The molecule has 6 heteroatoms. The highest BCUT2D eigenvalue weighted by Gasteiger charge is 2.08. The van der Waals surface area contributed by atoms with Crippen LogP contribution in [0, 0.1) is 5.82 Å². The van der Waals surface area contributed by atoms with Crippen molar-refractivity contribution in [2.45, 2.75) is 25.9 Å². The number of methoxy groups -OCH3 is 1. The fraction of sp³-hybridized carbons (Fsp3) is 0.286. The van der Waals surface area contributed by atoms with Crippen LogP contribution in [0.3, 0.4) is 0 Å². The number of carbonyl (C=O) groups excluding carboxylic acids is 1. The third-order valence-electron chi connectivity index (χ3n) is 3.90. The maximum atomic E-state index is 12.9. The molecule has 0 heterocycles. The zero-order chi connectivity index (χ0) is 19.6. The van der Waals surface area contributed by atoms with Gasteiger partial charge in [0.15, 0.2) is 11.5 Å².